The number of rotatable bonds is 5. The maximum absolute atomic E-state index is 12.8. The van der Waals surface area contributed by atoms with Crippen LogP contribution >= 0.6 is 22.7 Å². The van der Waals surface area contributed by atoms with Crippen LogP contribution in [0.5, 0.6) is 0 Å². The molecule has 0 aliphatic carbocycles. The third-order valence-corrected chi connectivity index (χ3v) is 8.35. The first-order valence-corrected chi connectivity index (χ1v) is 12.6. The van der Waals surface area contributed by atoms with Crippen molar-refractivity contribution in [2.45, 2.75) is 24.8 Å². The molecular weight excluding hydrogens is 426 g/mol. The number of hydrogen-bond acceptors (Lipinski definition) is 6. The molecule has 0 N–H and O–H groups in total. The number of sulfonamides is 1. The molecule has 1 aliphatic heterocycles. The van der Waals surface area contributed by atoms with Crippen molar-refractivity contribution in [2.75, 3.05) is 26.3 Å². The maximum Gasteiger partial charge on any atom is 0.243 e. The fraction of sp³-hybridized carbons (Fsp3) is 0.350. The molecule has 9 heteroatoms. The summed E-state index contributed by atoms with van der Waals surface area (Å²) in [6.07, 6.45) is 0. The van der Waals surface area contributed by atoms with E-state index in [4.69, 9.17) is 9.73 Å². The molecule has 2 aromatic heterocycles. The van der Waals surface area contributed by atoms with Crippen molar-refractivity contribution >= 4 is 38.4 Å². The average molecular weight is 450 g/mol. The van der Waals surface area contributed by atoms with Gasteiger partial charge in [-0.1, -0.05) is 6.07 Å². The summed E-state index contributed by atoms with van der Waals surface area (Å²) in [5, 5.41) is 4.20. The quantitative estimate of drug-likeness (QED) is 0.589. The number of hydrogen-bond donors (Lipinski definition) is 0. The highest BCUT2D eigenvalue weighted by Crippen LogP contribution is 2.28. The van der Waals surface area contributed by atoms with Gasteiger partial charge in [0.05, 0.1) is 34.4 Å². The minimum absolute atomic E-state index is 0.262. The van der Waals surface area contributed by atoms with Gasteiger partial charge in [-0.2, -0.15) is 4.31 Å². The molecule has 0 unspecified atom stereocenters. The van der Waals surface area contributed by atoms with Crippen molar-refractivity contribution in [3.05, 3.63) is 52.0 Å². The lowest BCUT2D eigenvalue weighted by atomic mass is 10.3. The van der Waals surface area contributed by atoms with Gasteiger partial charge >= 0.3 is 0 Å². The molecule has 1 saturated heterocycles. The van der Waals surface area contributed by atoms with Crippen molar-refractivity contribution in [2.24, 2.45) is 4.99 Å². The van der Waals surface area contributed by atoms with E-state index in [2.05, 4.69) is 35.2 Å². The van der Waals surface area contributed by atoms with Gasteiger partial charge in [0.1, 0.15) is 0 Å². The average Bonchev–Trinajstić information content (AvgIpc) is 3.39. The summed E-state index contributed by atoms with van der Waals surface area (Å²) in [4.78, 5) is 7.19. The predicted octanol–water partition coefficient (Wildman–Crippen LogP) is 4.11. The van der Waals surface area contributed by atoms with Crippen molar-refractivity contribution in [1.82, 2.24) is 8.87 Å². The summed E-state index contributed by atoms with van der Waals surface area (Å²) < 4.78 is 34.5. The third kappa shape index (κ3) is 4.24. The lowest BCUT2D eigenvalue weighted by Gasteiger charge is -2.26. The number of benzene rings is 1. The van der Waals surface area contributed by atoms with E-state index in [0.29, 0.717) is 31.2 Å². The van der Waals surface area contributed by atoms with E-state index in [1.807, 2.05) is 6.07 Å². The molecule has 3 aromatic rings. The maximum atomic E-state index is 12.8. The van der Waals surface area contributed by atoms with Gasteiger partial charge in [0.2, 0.25) is 10.0 Å². The molecule has 154 valence electrons. The molecule has 1 fully saturated rings. The van der Waals surface area contributed by atoms with Gasteiger partial charge in [-0.25, -0.2) is 13.4 Å². The lowest BCUT2D eigenvalue weighted by Crippen LogP contribution is -2.40. The third-order valence-electron chi connectivity index (χ3n) is 4.70. The molecule has 1 aromatic carbocycles. The molecule has 1 aliphatic rings. The minimum atomic E-state index is -3.49. The Labute approximate surface area is 178 Å². The lowest BCUT2D eigenvalue weighted by molar-refractivity contribution is 0.0730. The van der Waals surface area contributed by atoms with Crippen LogP contribution in [0.2, 0.25) is 0 Å². The first-order valence-electron chi connectivity index (χ1n) is 9.43. The molecule has 0 saturated carbocycles. The number of nitrogens with zero attached hydrogens (tertiary/aromatic N) is 3. The van der Waals surface area contributed by atoms with Crippen LogP contribution in [0.15, 0.2) is 57.0 Å². The van der Waals surface area contributed by atoms with Crippen LogP contribution < -0.4 is 4.80 Å². The predicted molar refractivity (Wildman–Crippen MR) is 117 cm³/mol. The number of thiazole rings is 1. The van der Waals surface area contributed by atoms with Gasteiger partial charge < -0.3 is 9.30 Å². The molecule has 29 heavy (non-hydrogen) atoms. The standard InChI is InChI=1S/C20H23N3O3S3/c1-15(2)23-18(19-4-3-13-27-19)14-28-20(23)21-16-5-7-17(8-6-16)29(24,25)22-9-11-26-12-10-22/h3-8,13-15H,9-12H2,1-2H3. The fourth-order valence-electron chi connectivity index (χ4n) is 3.24. The van der Waals surface area contributed by atoms with E-state index in [1.165, 1.54) is 9.18 Å². The van der Waals surface area contributed by atoms with Gasteiger partial charge in [0.15, 0.2) is 4.80 Å². The van der Waals surface area contributed by atoms with Gasteiger partial charge in [-0.15, -0.1) is 22.7 Å². The van der Waals surface area contributed by atoms with Crippen LogP contribution in [-0.4, -0.2) is 43.6 Å². The van der Waals surface area contributed by atoms with Crippen molar-refractivity contribution in [3.63, 3.8) is 0 Å². The zero-order valence-electron chi connectivity index (χ0n) is 16.3. The van der Waals surface area contributed by atoms with E-state index in [-0.39, 0.29) is 6.04 Å². The van der Waals surface area contributed by atoms with Gasteiger partial charge in [-0.05, 0) is 49.6 Å². The number of morpholine rings is 1. The number of aromatic nitrogens is 1. The molecule has 0 amide bonds. The Hall–Kier alpha value is -1.78. The Bertz CT molecular complexity index is 1120. The summed E-state index contributed by atoms with van der Waals surface area (Å²) in [7, 11) is -3.49. The second-order valence-corrected chi connectivity index (χ2v) is 10.7. The number of ether oxygens (including phenoxy) is 1. The molecule has 4 rings (SSSR count). The molecule has 0 atom stereocenters. The van der Waals surface area contributed by atoms with E-state index in [1.54, 1.807) is 46.9 Å². The van der Waals surface area contributed by atoms with Crippen LogP contribution in [0.1, 0.15) is 19.9 Å². The van der Waals surface area contributed by atoms with Crippen LogP contribution in [0.25, 0.3) is 10.6 Å². The van der Waals surface area contributed by atoms with E-state index in [9.17, 15) is 8.42 Å². The largest absolute Gasteiger partial charge is 0.379 e. The Morgan fingerprint density at radius 3 is 2.41 bits per heavy atom. The number of thiophene rings is 1. The Balaban J connectivity index is 1.66. The van der Waals surface area contributed by atoms with Gasteiger partial charge in [0.25, 0.3) is 0 Å². The molecule has 0 radical (unpaired) electrons. The van der Waals surface area contributed by atoms with E-state index < -0.39 is 10.0 Å². The second kappa shape index (κ2) is 8.53. The summed E-state index contributed by atoms with van der Waals surface area (Å²) in [5.74, 6) is 0. The SMILES string of the molecule is CC(C)n1c(-c2cccs2)csc1=Nc1ccc(S(=O)(=O)N2CCOCC2)cc1. The Morgan fingerprint density at radius 1 is 1.07 bits per heavy atom. The molecule has 0 bridgehead atoms. The molecule has 6 nitrogen and oxygen atoms in total. The Kier molecular flexibility index (Phi) is 6.03. The molecular formula is C20H23N3O3S3. The van der Waals surface area contributed by atoms with Gasteiger partial charge in [0, 0.05) is 24.5 Å². The van der Waals surface area contributed by atoms with Crippen LogP contribution in [0.3, 0.4) is 0 Å². The zero-order valence-corrected chi connectivity index (χ0v) is 18.8. The molecule has 0 spiro atoms. The van der Waals surface area contributed by atoms with Gasteiger partial charge in [-0.3, -0.25) is 0 Å². The van der Waals surface area contributed by atoms with Crippen LogP contribution in [-0.2, 0) is 14.8 Å². The highest BCUT2D eigenvalue weighted by Gasteiger charge is 2.26. The summed E-state index contributed by atoms with van der Waals surface area (Å²) in [5.41, 5.74) is 1.89. The van der Waals surface area contributed by atoms with Crippen LogP contribution in [0.4, 0.5) is 5.69 Å². The first-order chi connectivity index (χ1) is 14.0. The topological polar surface area (TPSA) is 63.9 Å². The van der Waals surface area contributed by atoms with Crippen molar-refractivity contribution in [1.29, 1.82) is 0 Å². The minimum Gasteiger partial charge on any atom is -0.379 e. The van der Waals surface area contributed by atoms with E-state index >= 15 is 0 Å². The van der Waals surface area contributed by atoms with E-state index in [0.717, 1.165) is 16.2 Å². The fourth-order valence-corrected chi connectivity index (χ4v) is 6.50. The smallest absolute Gasteiger partial charge is 0.243 e. The second-order valence-electron chi connectivity index (χ2n) is 6.97. The highest BCUT2D eigenvalue weighted by molar-refractivity contribution is 7.89. The highest BCUT2D eigenvalue weighted by atomic mass is 32.2. The van der Waals surface area contributed by atoms with Crippen LogP contribution in [0, 0.1) is 0 Å². The van der Waals surface area contributed by atoms with Crippen molar-refractivity contribution < 1.29 is 13.2 Å². The normalized spacial score (nSPS) is 16.6. The Morgan fingerprint density at radius 2 is 1.79 bits per heavy atom. The molecule has 3 heterocycles. The zero-order chi connectivity index (χ0) is 20.4. The first kappa shape index (κ1) is 20.5. The summed E-state index contributed by atoms with van der Waals surface area (Å²) in [6.45, 7) is 5.94. The summed E-state index contributed by atoms with van der Waals surface area (Å²) >= 11 is 3.30. The summed E-state index contributed by atoms with van der Waals surface area (Å²) in [6, 6.07) is 11.2. The van der Waals surface area contributed by atoms with Crippen molar-refractivity contribution in [3.8, 4) is 10.6 Å². The monoisotopic (exact) mass is 449 g/mol.